The Morgan fingerprint density at radius 3 is 2.57 bits per heavy atom. The summed E-state index contributed by atoms with van der Waals surface area (Å²) in [4.78, 5) is 4.50. The average molecular weight is 433 g/mol. The van der Waals surface area contributed by atoms with Gasteiger partial charge in [0, 0.05) is 33.2 Å². The number of rotatable bonds is 7. The second-order valence-corrected chi connectivity index (χ2v) is 9.24. The standard InChI is InChI=1S/C22H29FN4O2S/c1-24-22(25-13-12-19-9-3-4-11-21(19)23)26-17-18-8-7-10-20(16-18)30(28,29)27-14-5-2-6-15-27/h3-4,7-11,16H,2,5-6,12-15,17H2,1H3,(H2,24,25,26). The highest BCUT2D eigenvalue weighted by atomic mass is 32.2. The zero-order chi connectivity index (χ0) is 21.4. The van der Waals surface area contributed by atoms with Gasteiger partial charge in [-0.1, -0.05) is 36.8 Å². The molecule has 3 rings (SSSR count). The molecule has 2 aromatic rings. The summed E-state index contributed by atoms with van der Waals surface area (Å²) in [5.74, 6) is 0.365. The number of aliphatic imine (C=N–C) groups is 1. The first-order valence-electron chi connectivity index (χ1n) is 10.3. The minimum absolute atomic E-state index is 0.214. The fourth-order valence-electron chi connectivity index (χ4n) is 3.49. The Labute approximate surface area is 178 Å². The van der Waals surface area contributed by atoms with Crippen LogP contribution in [0.2, 0.25) is 0 Å². The molecule has 0 spiro atoms. The summed E-state index contributed by atoms with van der Waals surface area (Å²) in [5.41, 5.74) is 1.50. The highest BCUT2D eigenvalue weighted by Gasteiger charge is 2.25. The second kappa shape index (κ2) is 10.5. The lowest BCUT2D eigenvalue weighted by Crippen LogP contribution is -2.38. The molecule has 8 heteroatoms. The Morgan fingerprint density at radius 1 is 1.07 bits per heavy atom. The number of nitrogens with one attached hydrogen (secondary N) is 2. The molecule has 1 saturated heterocycles. The van der Waals surface area contributed by atoms with E-state index >= 15 is 0 Å². The summed E-state index contributed by atoms with van der Waals surface area (Å²) in [5, 5.41) is 6.34. The van der Waals surface area contributed by atoms with Crippen LogP contribution in [0.25, 0.3) is 0 Å². The third-order valence-corrected chi connectivity index (χ3v) is 7.07. The maximum absolute atomic E-state index is 13.7. The topological polar surface area (TPSA) is 73.8 Å². The maximum atomic E-state index is 13.7. The van der Waals surface area contributed by atoms with Crippen LogP contribution in [-0.4, -0.2) is 45.4 Å². The van der Waals surface area contributed by atoms with E-state index in [0.717, 1.165) is 24.8 Å². The zero-order valence-corrected chi connectivity index (χ0v) is 18.1. The number of guanidine groups is 1. The van der Waals surface area contributed by atoms with Gasteiger partial charge in [-0.15, -0.1) is 0 Å². The van der Waals surface area contributed by atoms with Gasteiger partial charge >= 0.3 is 0 Å². The van der Waals surface area contributed by atoms with E-state index in [4.69, 9.17) is 0 Å². The minimum Gasteiger partial charge on any atom is -0.356 e. The van der Waals surface area contributed by atoms with Crippen LogP contribution in [0.15, 0.2) is 58.4 Å². The molecule has 2 aromatic carbocycles. The Hall–Kier alpha value is -2.45. The number of halogens is 1. The number of sulfonamides is 1. The number of hydrogen-bond acceptors (Lipinski definition) is 3. The third-order valence-electron chi connectivity index (χ3n) is 5.18. The Morgan fingerprint density at radius 2 is 1.83 bits per heavy atom. The second-order valence-electron chi connectivity index (χ2n) is 7.31. The minimum atomic E-state index is -3.45. The lowest BCUT2D eigenvalue weighted by atomic mass is 10.1. The van der Waals surface area contributed by atoms with Gasteiger partial charge in [-0.3, -0.25) is 4.99 Å². The van der Waals surface area contributed by atoms with Gasteiger partial charge in [0.15, 0.2) is 5.96 Å². The molecular formula is C22H29FN4O2S. The zero-order valence-electron chi connectivity index (χ0n) is 17.3. The fraction of sp³-hybridized carbons (Fsp3) is 0.409. The van der Waals surface area contributed by atoms with E-state index in [1.807, 2.05) is 12.1 Å². The van der Waals surface area contributed by atoms with Gasteiger partial charge in [0.05, 0.1) is 4.90 Å². The fourth-order valence-corrected chi connectivity index (χ4v) is 5.08. The molecule has 0 atom stereocenters. The van der Waals surface area contributed by atoms with Crippen molar-refractivity contribution in [3.63, 3.8) is 0 Å². The van der Waals surface area contributed by atoms with Crippen LogP contribution in [0, 0.1) is 5.82 Å². The number of piperidine rings is 1. The van der Waals surface area contributed by atoms with Crippen LogP contribution < -0.4 is 10.6 Å². The SMILES string of the molecule is CN=C(NCCc1ccccc1F)NCc1cccc(S(=O)(=O)N2CCCCC2)c1. The van der Waals surface area contributed by atoms with E-state index in [0.29, 0.717) is 49.0 Å². The van der Waals surface area contributed by atoms with E-state index in [-0.39, 0.29) is 5.82 Å². The highest BCUT2D eigenvalue weighted by Crippen LogP contribution is 2.21. The van der Waals surface area contributed by atoms with Crippen molar-refractivity contribution in [1.82, 2.24) is 14.9 Å². The molecule has 0 unspecified atom stereocenters. The van der Waals surface area contributed by atoms with Crippen molar-refractivity contribution in [2.45, 2.75) is 37.1 Å². The molecule has 1 heterocycles. The molecule has 0 bridgehead atoms. The molecule has 162 valence electrons. The molecule has 1 aliphatic heterocycles. The first kappa shape index (κ1) is 22.2. The van der Waals surface area contributed by atoms with Crippen molar-refractivity contribution in [3.8, 4) is 0 Å². The molecule has 0 aliphatic carbocycles. The van der Waals surface area contributed by atoms with Gasteiger partial charge < -0.3 is 10.6 Å². The first-order chi connectivity index (χ1) is 14.5. The van der Waals surface area contributed by atoms with Crippen LogP contribution in [0.1, 0.15) is 30.4 Å². The molecule has 0 saturated carbocycles. The van der Waals surface area contributed by atoms with E-state index in [1.54, 1.807) is 41.7 Å². The van der Waals surface area contributed by atoms with Crippen molar-refractivity contribution >= 4 is 16.0 Å². The van der Waals surface area contributed by atoms with E-state index in [2.05, 4.69) is 15.6 Å². The summed E-state index contributed by atoms with van der Waals surface area (Å²) in [7, 11) is -1.79. The van der Waals surface area contributed by atoms with E-state index in [1.165, 1.54) is 6.07 Å². The molecule has 2 N–H and O–H groups in total. The smallest absolute Gasteiger partial charge is 0.243 e. The summed E-state index contributed by atoms with van der Waals surface area (Å²) in [6, 6.07) is 13.7. The van der Waals surface area contributed by atoms with Crippen LogP contribution in [0.3, 0.4) is 0 Å². The van der Waals surface area contributed by atoms with Crippen molar-refractivity contribution in [2.75, 3.05) is 26.7 Å². The largest absolute Gasteiger partial charge is 0.356 e. The van der Waals surface area contributed by atoms with Crippen LogP contribution in [0.4, 0.5) is 4.39 Å². The number of nitrogens with zero attached hydrogens (tertiary/aromatic N) is 2. The molecule has 0 radical (unpaired) electrons. The summed E-state index contributed by atoms with van der Waals surface area (Å²) >= 11 is 0. The Bertz CT molecular complexity index is 973. The van der Waals surface area contributed by atoms with Gasteiger partial charge in [0.25, 0.3) is 0 Å². The molecular weight excluding hydrogens is 403 g/mol. The summed E-state index contributed by atoms with van der Waals surface area (Å²) in [6.07, 6.45) is 3.45. The third kappa shape index (κ3) is 5.79. The quantitative estimate of drug-likeness (QED) is 0.521. The molecule has 0 amide bonds. The van der Waals surface area contributed by atoms with Crippen LogP contribution in [0.5, 0.6) is 0 Å². The summed E-state index contributed by atoms with van der Waals surface area (Å²) < 4.78 is 41.0. The van der Waals surface area contributed by atoms with Gasteiger partial charge in [-0.25, -0.2) is 12.8 Å². The Kier molecular flexibility index (Phi) is 7.81. The normalized spacial score (nSPS) is 15.7. The van der Waals surface area contributed by atoms with Crippen molar-refractivity contribution in [2.24, 2.45) is 4.99 Å². The van der Waals surface area contributed by atoms with Crippen molar-refractivity contribution in [3.05, 3.63) is 65.5 Å². The number of benzene rings is 2. The lowest BCUT2D eigenvalue weighted by molar-refractivity contribution is 0.346. The molecule has 1 aliphatic rings. The van der Waals surface area contributed by atoms with Crippen LogP contribution >= 0.6 is 0 Å². The molecule has 0 aromatic heterocycles. The highest BCUT2D eigenvalue weighted by molar-refractivity contribution is 7.89. The Balaban J connectivity index is 1.55. The van der Waals surface area contributed by atoms with E-state index in [9.17, 15) is 12.8 Å². The predicted molar refractivity (Wildman–Crippen MR) is 117 cm³/mol. The molecule has 30 heavy (non-hydrogen) atoms. The van der Waals surface area contributed by atoms with Gasteiger partial charge in [0.2, 0.25) is 10.0 Å². The van der Waals surface area contributed by atoms with E-state index < -0.39 is 10.0 Å². The van der Waals surface area contributed by atoms with Gasteiger partial charge in [-0.2, -0.15) is 4.31 Å². The maximum Gasteiger partial charge on any atom is 0.243 e. The van der Waals surface area contributed by atoms with Crippen molar-refractivity contribution in [1.29, 1.82) is 0 Å². The van der Waals surface area contributed by atoms with Gasteiger partial charge in [0.1, 0.15) is 5.82 Å². The number of hydrogen-bond donors (Lipinski definition) is 2. The predicted octanol–water partition coefficient (Wildman–Crippen LogP) is 2.91. The van der Waals surface area contributed by atoms with Gasteiger partial charge in [-0.05, 0) is 48.6 Å². The van der Waals surface area contributed by atoms with Crippen LogP contribution in [-0.2, 0) is 23.0 Å². The molecule has 1 fully saturated rings. The van der Waals surface area contributed by atoms with Crippen molar-refractivity contribution < 1.29 is 12.8 Å². The average Bonchev–Trinajstić information content (AvgIpc) is 2.78. The monoisotopic (exact) mass is 432 g/mol. The first-order valence-corrected chi connectivity index (χ1v) is 11.7. The summed E-state index contributed by atoms with van der Waals surface area (Å²) in [6.45, 7) is 2.14. The lowest BCUT2D eigenvalue weighted by Gasteiger charge is -2.26. The molecule has 6 nitrogen and oxygen atoms in total.